The molecule has 0 radical (unpaired) electrons. The van der Waals surface area contributed by atoms with Gasteiger partial charge < -0.3 is 5.11 Å². The molecule has 4 nitrogen and oxygen atoms in total. The highest BCUT2D eigenvalue weighted by molar-refractivity contribution is 7.86. The van der Waals surface area contributed by atoms with E-state index in [9.17, 15) is 18.1 Å². The molecule has 36 heavy (non-hydrogen) atoms. The molecule has 2 unspecified atom stereocenters. The van der Waals surface area contributed by atoms with Crippen molar-refractivity contribution in [3.8, 4) is 5.75 Å². The van der Waals surface area contributed by atoms with E-state index in [1.807, 2.05) is 54.6 Å². The minimum absolute atomic E-state index is 0.178. The third-order valence-corrected chi connectivity index (χ3v) is 7.91. The normalized spacial score (nSPS) is 13.4. The predicted molar refractivity (Wildman–Crippen MR) is 147 cm³/mol. The first-order chi connectivity index (χ1) is 17.3. The highest BCUT2D eigenvalue weighted by Gasteiger charge is 2.27. The van der Waals surface area contributed by atoms with Crippen molar-refractivity contribution >= 4 is 10.1 Å². The molecular weight excluding hydrogens is 468 g/mol. The van der Waals surface area contributed by atoms with Gasteiger partial charge >= 0.3 is 0 Å². The Morgan fingerprint density at radius 1 is 0.778 bits per heavy atom. The maximum atomic E-state index is 12.2. The average Bonchev–Trinajstić information content (AvgIpc) is 2.88. The molecule has 0 heterocycles. The molecule has 2 atom stereocenters. The van der Waals surface area contributed by atoms with Crippen molar-refractivity contribution in [2.24, 2.45) is 0 Å². The average molecular weight is 509 g/mol. The summed E-state index contributed by atoms with van der Waals surface area (Å²) in [5.41, 5.74) is 3.58. The van der Waals surface area contributed by atoms with Crippen LogP contribution in [0.5, 0.6) is 5.75 Å². The Morgan fingerprint density at radius 2 is 1.33 bits per heavy atom. The van der Waals surface area contributed by atoms with E-state index in [4.69, 9.17) is 0 Å². The van der Waals surface area contributed by atoms with Crippen LogP contribution in [-0.4, -0.2) is 18.1 Å². The first-order valence-electron chi connectivity index (χ1n) is 13.2. The van der Waals surface area contributed by atoms with E-state index in [1.54, 1.807) is 0 Å². The fourth-order valence-electron chi connectivity index (χ4n) is 4.98. The molecule has 3 aromatic carbocycles. The largest absolute Gasteiger partial charge is 0.506 e. The Hall–Kier alpha value is -2.63. The molecule has 0 saturated carbocycles. The number of aromatic hydroxyl groups is 1. The second-order valence-corrected chi connectivity index (χ2v) is 11.3. The number of benzene rings is 3. The van der Waals surface area contributed by atoms with Crippen LogP contribution in [0.2, 0.25) is 0 Å². The quantitative estimate of drug-likeness (QED) is 0.170. The molecule has 0 aliphatic carbocycles. The Bertz CT molecular complexity index is 1170. The summed E-state index contributed by atoms with van der Waals surface area (Å²) in [6.07, 6.45) is 9.54. The van der Waals surface area contributed by atoms with Gasteiger partial charge in [0.15, 0.2) is 0 Å². The third-order valence-electron chi connectivity index (χ3n) is 7.05. The van der Waals surface area contributed by atoms with E-state index in [0.29, 0.717) is 18.4 Å². The molecule has 0 aliphatic rings. The van der Waals surface area contributed by atoms with Crippen LogP contribution >= 0.6 is 0 Å². The van der Waals surface area contributed by atoms with Gasteiger partial charge in [0.25, 0.3) is 10.1 Å². The second-order valence-electron chi connectivity index (χ2n) is 9.89. The standard InChI is InChI=1S/C31H40O4S/c1-3-4-5-6-7-8-11-16-25-22-29(31(32)30(23-25)36(33,34)35)28(27-19-14-10-15-20-27)21-24(2)26-17-12-9-13-18-26/h9-10,12-15,17-20,22-24,28,32H,3-8,11,16,21H2,1-2H3,(H,33,34,35). The van der Waals surface area contributed by atoms with Crippen molar-refractivity contribution < 1.29 is 18.1 Å². The topological polar surface area (TPSA) is 74.6 Å². The SMILES string of the molecule is CCCCCCCCCc1cc(C(CC(C)c2ccccc2)c2ccccc2)c(O)c(S(=O)(=O)O)c1. The van der Waals surface area contributed by atoms with Gasteiger partial charge in [-0.1, -0.05) is 119 Å². The monoisotopic (exact) mass is 508 g/mol. The molecule has 5 heteroatoms. The number of aryl methyl sites for hydroxylation is 1. The summed E-state index contributed by atoms with van der Waals surface area (Å²) < 4.78 is 34.4. The lowest BCUT2D eigenvalue weighted by Gasteiger charge is -2.25. The minimum Gasteiger partial charge on any atom is -0.506 e. The molecule has 3 aromatic rings. The molecule has 2 N–H and O–H groups in total. The lowest BCUT2D eigenvalue weighted by molar-refractivity contribution is 0.432. The van der Waals surface area contributed by atoms with Crippen molar-refractivity contribution in [3.05, 3.63) is 95.1 Å². The zero-order chi connectivity index (χ0) is 26.0. The summed E-state index contributed by atoms with van der Waals surface area (Å²) in [5.74, 6) is -0.400. The third kappa shape index (κ3) is 7.94. The van der Waals surface area contributed by atoms with E-state index in [2.05, 4.69) is 26.0 Å². The second kappa shape index (κ2) is 13.6. The number of hydrogen-bond donors (Lipinski definition) is 2. The van der Waals surface area contributed by atoms with Gasteiger partial charge in [-0.05, 0) is 47.9 Å². The van der Waals surface area contributed by atoms with Crippen LogP contribution in [0.25, 0.3) is 0 Å². The molecule has 194 valence electrons. The van der Waals surface area contributed by atoms with Gasteiger partial charge in [0.1, 0.15) is 10.6 Å². The maximum Gasteiger partial charge on any atom is 0.298 e. The number of phenols is 1. The van der Waals surface area contributed by atoms with Crippen molar-refractivity contribution in [1.29, 1.82) is 0 Å². The summed E-state index contributed by atoms with van der Waals surface area (Å²) in [6, 6.07) is 23.5. The summed E-state index contributed by atoms with van der Waals surface area (Å²) >= 11 is 0. The summed E-state index contributed by atoms with van der Waals surface area (Å²) in [4.78, 5) is -0.397. The van der Waals surface area contributed by atoms with Crippen LogP contribution in [0.1, 0.15) is 99.3 Å². The van der Waals surface area contributed by atoms with Crippen LogP contribution < -0.4 is 0 Å². The van der Waals surface area contributed by atoms with Gasteiger partial charge in [0.05, 0.1) is 0 Å². The molecule has 0 aromatic heterocycles. The first-order valence-corrected chi connectivity index (χ1v) is 14.7. The summed E-state index contributed by atoms with van der Waals surface area (Å²) in [6.45, 7) is 4.35. The van der Waals surface area contributed by atoms with Crippen LogP contribution in [0.15, 0.2) is 77.7 Å². The van der Waals surface area contributed by atoms with Crippen LogP contribution in [0, 0.1) is 0 Å². The number of hydrogen-bond acceptors (Lipinski definition) is 3. The van der Waals surface area contributed by atoms with Crippen molar-refractivity contribution in [2.45, 2.75) is 88.4 Å². The van der Waals surface area contributed by atoms with Gasteiger partial charge in [-0.25, -0.2) is 0 Å². The summed E-state index contributed by atoms with van der Waals surface area (Å²) in [7, 11) is -4.57. The summed E-state index contributed by atoms with van der Waals surface area (Å²) in [5, 5.41) is 11.1. The zero-order valence-corrected chi connectivity index (χ0v) is 22.4. The van der Waals surface area contributed by atoms with Gasteiger partial charge in [-0.2, -0.15) is 8.42 Å². The van der Waals surface area contributed by atoms with Gasteiger partial charge in [0.2, 0.25) is 0 Å². The lowest BCUT2D eigenvalue weighted by Crippen LogP contribution is -2.10. The molecule has 3 rings (SSSR count). The molecule has 0 fully saturated rings. The molecule has 0 spiro atoms. The fraction of sp³-hybridized carbons (Fsp3) is 0.419. The van der Waals surface area contributed by atoms with E-state index in [1.165, 1.54) is 37.3 Å². The van der Waals surface area contributed by atoms with E-state index >= 15 is 0 Å². The molecule has 0 amide bonds. The van der Waals surface area contributed by atoms with Crippen molar-refractivity contribution in [2.75, 3.05) is 0 Å². The highest BCUT2D eigenvalue weighted by Crippen LogP contribution is 2.42. The van der Waals surface area contributed by atoms with E-state index in [0.717, 1.165) is 30.4 Å². The minimum atomic E-state index is -4.57. The van der Waals surface area contributed by atoms with Crippen LogP contribution in [0.3, 0.4) is 0 Å². The molecule has 0 aliphatic heterocycles. The predicted octanol–water partition coefficient (Wildman–Crippen LogP) is 8.26. The Kier molecular flexibility index (Phi) is 10.6. The van der Waals surface area contributed by atoms with E-state index < -0.39 is 15.0 Å². The zero-order valence-electron chi connectivity index (χ0n) is 21.6. The van der Waals surface area contributed by atoms with Crippen LogP contribution in [-0.2, 0) is 16.5 Å². The van der Waals surface area contributed by atoms with Gasteiger partial charge in [-0.3, -0.25) is 4.55 Å². The Balaban J connectivity index is 1.93. The van der Waals surface area contributed by atoms with Crippen molar-refractivity contribution in [3.63, 3.8) is 0 Å². The molecule has 0 bridgehead atoms. The number of phenolic OH excluding ortho intramolecular Hbond substituents is 1. The Morgan fingerprint density at radius 3 is 1.92 bits per heavy atom. The highest BCUT2D eigenvalue weighted by atomic mass is 32.2. The maximum absolute atomic E-state index is 12.2. The van der Waals surface area contributed by atoms with Crippen molar-refractivity contribution in [1.82, 2.24) is 0 Å². The smallest absolute Gasteiger partial charge is 0.298 e. The lowest BCUT2D eigenvalue weighted by atomic mass is 9.81. The molecule has 0 saturated heterocycles. The Labute approximate surface area is 217 Å². The van der Waals surface area contributed by atoms with Crippen LogP contribution in [0.4, 0.5) is 0 Å². The van der Waals surface area contributed by atoms with Gasteiger partial charge in [0, 0.05) is 11.5 Å². The van der Waals surface area contributed by atoms with E-state index in [-0.39, 0.29) is 17.6 Å². The fourth-order valence-corrected chi connectivity index (χ4v) is 5.64. The van der Waals surface area contributed by atoms with Gasteiger partial charge in [-0.15, -0.1) is 0 Å². The molecular formula is C31H40O4S. The number of unbranched alkanes of at least 4 members (excludes halogenated alkanes) is 6. The first kappa shape index (κ1) is 27.9. The number of rotatable bonds is 14.